The molecule has 0 saturated heterocycles. The van der Waals surface area contributed by atoms with Crippen LogP contribution < -0.4 is 10.6 Å². The Morgan fingerprint density at radius 3 is 2.42 bits per heavy atom. The van der Waals surface area contributed by atoms with Gasteiger partial charge < -0.3 is 10.6 Å². The van der Waals surface area contributed by atoms with Crippen molar-refractivity contribution in [2.45, 2.75) is 38.1 Å². The second kappa shape index (κ2) is 7.12. The normalized spacial score (nSPS) is 16.7. The number of hydrogen-bond donors (Lipinski definition) is 2. The Bertz CT molecular complexity index is 844. The van der Waals surface area contributed by atoms with Crippen LogP contribution in [-0.2, 0) is 22.4 Å². The summed E-state index contributed by atoms with van der Waals surface area (Å²) in [6, 6.07) is 13.2. The van der Waals surface area contributed by atoms with Crippen molar-refractivity contribution in [3.8, 4) is 0 Å². The zero-order chi connectivity index (χ0) is 18.1. The third-order valence-electron chi connectivity index (χ3n) is 5.17. The molecular formula is C21H21ClN2O2. The predicted octanol–water partition coefficient (Wildman–Crippen LogP) is 4.03. The number of anilines is 1. The molecule has 2 aromatic carbocycles. The van der Waals surface area contributed by atoms with E-state index in [-0.39, 0.29) is 6.04 Å². The Hall–Kier alpha value is -2.33. The highest BCUT2D eigenvalue weighted by molar-refractivity contribution is 6.39. The molecule has 1 fully saturated rings. The van der Waals surface area contributed by atoms with Gasteiger partial charge in [-0.3, -0.25) is 9.59 Å². The lowest BCUT2D eigenvalue weighted by molar-refractivity contribution is -0.136. The van der Waals surface area contributed by atoms with Crippen LogP contribution in [0.4, 0.5) is 5.69 Å². The van der Waals surface area contributed by atoms with Gasteiger partial charge in [0.2, 0.25) is 0 Å². The van der Waals surface area contributed by atoms with E-state index in [1.807, 2.05) is 42.5 Å². The van der Waals surface area contributed by atoms with Gasteiger partial charge in [0.1, 0.15) is 0 Å². The molecular weight excluding hydrogens is 348 g/mol. The molecule has 2 aliphatic carbocycles. The van der Waals surface area contributed by atoms with E-state index in [0.717, 1.165) is 37.7 Å². The monoisotopic (exact) mass is 368 g/mol. The van der Waals surface area contributed by atoms with Gasteiger partial charge in [0.25, 0.3) is 0 Å². The lowest BCUT2D eigenvalue weighted by Crippen LogP contribution is -2.38. The van der Waals surface area contributed by atoms with Crippen molar-refractivity contribution < 1.29 is 9.59 Å². The highest BCUT2D eigenvalue weighted by Gasteiger charge is 2.34. The summed E-state index contributed by atoms with van der Waals surface area (Å²) in [4.78, 5) is 24.7. The van der Waals surface area contributed by atoms with E-state index in [0.29, 0.717) is 16.6 Å². The average Bonchev–Trinajstić information content (AvgIpc) is 3.37. The van der Waals surface area contributed by atoms with Gasteiger partial charge in [0.15, 0.2) is 0 Å². The molecule has 134 valence electrons. The SMILES string of the molecule is O=C(Nc1ccc2c(c1)CCC2)C(=O)NC(c1ccc(Cl)cc1)C1CC1. The minimum atomic E-state index is -0.623. The number of nitrogens with one attached hydrogen (secondary N) is 2. The zero-order valence-electron chi connectivity index (χ0n) is 14.4. The van der Waals surface area contributed by atoms with Crippen LogP contribution in [-0.4, -0.2) is 11.8 Å². The quantitative estimate of drug-likeness (QED) is 0.800. The molecule has 0 aromatic heterocycles. The molecule has 0 heterocycles. The second-order valence-corrected chi connectivity index (χ2v) is 7.57. The largest absolute Gasteiger partial charge is 0.341 e. The maximum absolute atomic E-state index is 12.4. The van der Waals surface area contributed by atoms with E-state index in [9.17, 15) is 9.59 Å². The number of carbonyl (C=O) groups is 2. The minimum Gasteiger partial charge on any atom is -0.341 e. The third-order valence-corrected chi connectivity index (χ3v) is 5.42. The van der Waals surface area contributed by atoms with Gasteiger partial charge in [-0.25, -0.2) is 0 Å². The van der Waals surface area contributed by atoms with Crippen LogP contribution in [0.25, 0.3) is 0 Å². The maximum Gasteiger partial charge on any atom is 0.313 e. The Labute approximate surface area is 157 Å². The predicted molar refractivity (Wildman–Crippen MR) is 102 cm³/mol. The van der Waals surface area contributed by atoms with E-state index < -0.39 is 11.8 Å². The van der Waals surface area contributed by atoms with Crippen LogP contribution in [0.1, 0.15) is 42.0 Å². The van der Waals surface area contributed by atoms with Crippen LogP contribution >= 0.6 is 11.6 Å². The standard InChI is InChI=1S/C21H21ClN2O2/c22-17-9-6-15(7-10-17)19(14-4-5-14)24-21(26)20(25)23-18-11-8-13-2-1-3-16(13)12-18/h6-12,14,19H,1-5H2,(H,23,25)(H,24,26). The van der Waals surface area contributed by atoms with Crippen LogP contribution in [0, 0.1) is 5.92 Å². The summed E-state index contributed by atoms with van der Waals surface area (Å²) in [5.74, 6) is -0.840. The van der Waals surface area contributed by atoms with Crippen molar-refractivity contribution in [2.75, 3.05) is 5.32 Å². The second-order valence-electron chi connectivity index (χ2n) is 7.13. The highest BCUT2D eigenvalue weighted by Crippen LogP contribution is 2.41. The summed E-state index contributed by atoms with van der Waals surface area (Å²) in [7, 11) is 0. The first-order valence-electron chi connectivity index (χ1n) is 9.09. The number of hydrogen-bond acceptors (Lipinski definition) is 2. The molecule has 1 atom stereocenters. The van der Waals surface area contributed by atoms with Gasteiger partial charge in [-0.2, -0.15) is 0 Å². The van der Waals surface area contributed by atoms with Crippen molar-refractivity contribution in [3.63, 3.8) is 0 Å². The molecule has 0 spiro atoms. The number of amides is 2. The molecule has 2 N–H and O–H groups in total. The Balaban J connectivity index is 1.42. The fraction of sp³-hybridized carbons (Fsp3) is 0.333. The Kier molecular flexibility index (Phi) is 4.68. The first kappa shape index (κ1) is 17.1. The lowest BCUT2D eigenvalue weighted by Gasteiger charge is -2.18. The smallest absolute Gasteiger partial charge is 0.313 e. The fourth-order valence-electron chi connectivity index (χ4n) is 3.62. The third kappa shape index (κ3) is 3.75. The summed E-state index contributed by atoms with van der Waals surface area (Å²) >= 11 is 5.95. The maximum atomic E-state index is 12.4. The molecule has 4 nitrogen and oxygen atoms in total. The number of fused-ring (bicyclic) bond motifs is 1. The zero-order valence-corrected chi connectivity index (χ0v) is 15.2. The summed E-state index contributed by atoms with van der Waals surface area (Å²) in [5.41, 5.74) is 4.26. The molecule has 4 rings (SSSR count). The van der Waals surface area contributed by atoms with E-state index in [1.54, 1.807) is 0 Å². The van der Waals surface area contributed by atoms with Crippen molar-refractivity contribution in [3.05, 3.63) is 64.2 Å². The van der Waals surface area contributed by atoms with Crippen molar-refractivity contribution in [1.29, 1.82) is 0 Å². The van der Waals surface area contributed by atoms with Crippen molar-refractivity contribution >= 4 is 29.1 Å². The number of rotatable bonds is 4. The van der Waals surface area contributed by atoms with E-state index >= 15 is 0 Å². The van der Waals surface area contributed by atoms with Gasteiger partial charge >= 0.3 is 11.8 Å². The fourth-order valence-corrected chi connectivity index (χ4v) is 3.74. The Morgan fingerprint density at radius 2 is 1.69 bits per heavy atom. The van der Waals surface area contributed by atoms with E-state index in [4.69, 9.17) is 11.6 Å². The number of aryl methyl sites for hydroxylation is 2. The van der Waals surface area contributed by atoms with Gasteiger partial charge in [-0.15, -0.1) is 0 Å². The van der Waals surface area contributed by atoms with Crippen LogP contribution in [0.3, 0.4) is 0 Å². The molecule has 1 saturated carbocycles. The molecule has 0 aliphatic heterocycles. The molecule has 1 unspecified atom stereocenters. The summed E-state index contributed by atoms with van der Waals surface area (Å²) in [6.07, 6.45) is 5.39. The number of carbonyl (C=O) groups excluding carboxylic acids is 2. The molecule has 2 aliphatic rings. The summed E-state index contributed by atoms with van der Waals surface area (Å²) in [6.45, 7) is 0. The Morgan fingerprint density at radius 1 is 0.962 bits per heavy atom. The average molecular weight is 369 g/mol. The highest BCUT2D eigenvalue weighted by atomic mass is 35.5. The first-order valence-corrected chi connectivity index (χ1v) is 9.47. The van der Waals surface area contributed by atoms with Crippen molar-refractivity contribution in [1.82, 2.24) is 5.32 Å². The van der Waals surface area contributed by atoms with Crippen LogP contribution in [0.2, 0.25) is 5.02 Å². The van der Waals surface area contributed by atoms with Crippen molar-refractivity contribution in [2.24, 2.45) is 5.92 Å². The van der Waals surface area contributed by atoms with Gasteiger partial charge in [0.05, 0.1) is 6.04 Å². The molecule has 26 heavy (non-hydrogen) atoms. The van der Waals surface area contributed by atoms with Gasteiger partial charge in [-0.05, 0) is 79.0 Å². The van der Waals surface area contributed by atoms with Gasteiger partial charge in [-0.1, -0.05) is 29.8 Å². The topological polar surface area (TPSA) is 58.2 Å². The molecule has 0 radical (unpaired) electrons. The minimum absolute atomic E-state index is 0.148. The summed E-state index contributed by atoms with van der Waals surface area (Å²) < 4.78 is 0. The number of benzene rings is 2. The lowest BCUT2D eigenvalue weighted by atomic mass is 10.0. The molecule has 5 heteroatoms. The van der Waals surface area contributed by atoms with E-state index in [2.05, 4.69) is 10.6 Å². The van der Waals surface area contributed by atoms with Crippen LogP contribution in [0.15, 0.2) is 42.5 Å². The summed E-state index contributed by atoms with van der Waals surface area (Å²) in [5, 5.41) is 6.27. The van der Waals surface area contributed by atoms with Gasteiger partial charge in [0, 0.05) is 10.7 Å². The number of halogens is 1. The molecule has 0 bridgehead atoms. The van der Waals surface area contributed by atoms with Crippen LogP contribution in [0.5, 0.6) is 0 Å². The first-order chi connectivity index (χ1) is 12.6. The van der Waals surface area contributed by atoms with E-state index in [1.165, 1.54) is 11.1 Å². The molecule has 2 amide bonds. The molecule has 2 aromatic rings.